The number of halogens is 2. The maximum Gasteiger partial charge on any atom is 0.222 e. The van der Waals surface area contributed by atoms with Crippen molar-refractivity contribution in [2.45, 2.75) is 19.4 Å². The molecule has 118 valence electrons. The van der Waals surface area contributed by atoms with Crippen LogP contribution in [0, 0.1) is 17.1 Å². The average molecular weight is 331 g/mol. The maximum atomic E-state index is 13.7. The van der Waals surface area contributed by atoms with Gasteiger partial charge in [0.25, 0.3) is 0 Å². The van der Waals surface area contributed by atoms with E-state index in [2.05, 4.69) is 6.07 Å². The summed E-state index contributed by atoms with van der Waals surface area (Å²) in [5.41, 5.74) is 1.89. The molecule has 0 unspecified atom stereocenters. The van der Waals surface area contributed by atoms with Gasteiger partial charge >= 0.3 is 0 Å². The van der Waals surface area contributed by atoms with Crippen molar-refractivity contribution in [3.63, 3.8) is 0 Å². The Labute approximate surface area is 139 Å². The number of nitrogens with zero attached hydrogens (tertiary/aromatic N) is 2. The molecule has 0 saturated heterocycles. The molecule has 0 saturated carbocycles. The van der Waals surface area contributed by atoms with Gasteiger partial charge in [0, 0.05) is 30.6 Å². The fourth-order valence-corrected chi connectivity index (χ4v) is 2.42. The van der Waals surface area contributed by atoms with Crippen LogP contribution in [0.15, 0.2) is 42.5 Å². The summed E-state index contributed by atoms with van der Waals surface area (Å²) in [6.07, 6.45) is 0.883. The number of rotatable bonds is 5. The van der Waals surface area contributed by atoms with Crippen LogP contribution in [0.25, 0.3) is 0 Å². The van der Waals surface area contributed by atoms with E-state index in [1.807, 2.05) is 12.1 Å². The molecule has 0 aliphatic rings. The van der Waals surface area contributed by atoms with Gasteiger partial charge in [-0.2, -0.15) is 5.26 Å². The fraction of sp³-hybridized carbons (Fsp3) is 0.222. The van der Waals surface area contributed by atoms with Crippen LogP contribution < -0.4 is 0 Å². The van der Waals surface area contributed by atoms with E-state index in [-0.39, 0.29) is 12.5 Å². The Morgan fingerprint density at radius 1 is 1.26 bits per heavy atom. The summed E-state index contributed by atoms with van der Waals surface area (Å²) in [5, 5.41) is 9.07. The van der Waals surface area contributed by atoms with Gasteiger partial charge < -0.3 is 4.90 Å². The number of benzene rings is 2. The summed E-state index contributed by atoms with van der Waals surface area (Å²) < 4.78 is 13.7. The van der Waals surface area contributed by atoms with Gasteiger partial charge in [0.2, 0.25) is 5.91 Å². The van der Waals surface area contributed by atoms with Crippen molar-refractivity contribution >= 4 is 17.5 Å². The Morgan fingerprint density at radius 3 is 2.57 bits per heavy atom. The quantitative estimate of drug-likeness (QED) is 0.833. The van der Waals surface area contributed by atoms with Gasteiger partial charge in [-0.1, -0.05) is 29.8 Å². The Balaban J connectivity index is 1.93. The molecular weight excluding hydrogens is 315 g/mol. The molecule has 3 nitrogen and oxygen atoms in total. The van der Waals surface area contributed by atoms with Gasteiger partial charge in [0.1, 0.15) is 5.82 Å². The number of hydrogen-bond donors (Lipinski definition) is 0. The Hall–Kier alpha value is -2.38. The monoisotopic (exact) mass is 330 g/mol. The maximum absolute atomic E-state index is 13.7. The number of aryl methyl sites for hydroxylation is 1. The van der Waals surface area contributed by atoms with Crippen molar-refractivity contribution in [1.29, 1.82) is 5.26 Å². The molecule has 0 bridgehead atoms. The van der Waals surface area contributed by atoms with E-state index >= 15 is 0 Å². The number of nitriles is 1. The first-order valence-corrected chi connectivity index (χ1v) is 7.55. The smallest absolute Gasteiger partial charge is 0.222 e. The van der Waals surface area contributed by atoms with Crippen molar-refractivity contribution in [1.82, 2.24) is 4.90 Å². The zero-order valence-electron chi connectivity index (χ0n) is 12.7. The molecule has 0 spiro atoms. The lowest BCUT2D eigenvalue weighted by molar-refractivity contribution is -0.130. The van der Waals surface area contributed by atoms with Gasteiger partial charge in [-0.05, 0) is 36.2 Å². The van der Waals surface area contributed by atoms with Crippen LogP contribution in [0.4, 0.5) is 4.39 Å². The van der Waals surface area contributed by atoms with E-state index in [0.717, 1.165) is 5.56 Å². The molecule has 1 amide bonds. The van der Waals surface area contributed by atoms with E-state index in [4.69, 9.17) is 16.9 Å². The Bertz CT molecular complexity index is 717. The second-order valence-corrected chi connectivity index (χ2v) is 5.67. The van der Waals surface area contributed by atoms with E-state index < -0.39 is 5.82 Å². The minimum atomic E-state index is -0.413. The van der Waals surface area contributed by atoms with Crippen LogP contribution in [0.3, 0.4) is 0 Å². The predicted molar refractivity (Wildman–Crippen MR) is 87.4 cm³/mol. The van der Waals surface area contributed by atoms with Crippen LogP contribution in [-0.2, 0) is 17.8 Å². The highest BCUT2D eigenvalue weighted by molar-refractivity contribution is 6.31. The predicted octanol–water partition coefficient (Wildman–Crippen LogP) is 3.94. The highest BCUT2D eigenvalue weighted by atomic mass is 35.5. The third kappa shape index (κ3) is 4.54. The lowest BCUT2D eigenvalue weighted by Gasteiger charge is -2.18. The van der Waals surface area contributed by atoms with Gasteiger partial charge in [0.15, 0.2) is 0 Å². The molecule has 0 atom stereocenters. The average Bonchev–Trinajstić information content (AvgIpc) is 2.56. The summed E-state index contributed by atoms with van der Waals surface area (Å²) >= 11 is 5.98. The third-order valence-electron chi connectivity index (χ3n) is 3.59. The highest BCUT2D eigenvalue weighted by Crippen LogP contribution is 2.20. The normalized spacial score (nSPS) is 10.2. The van der Waals surface area contributed by atoms with Crippen molar-refractivity contribution in [2.24, 2.45) is 0 Å². The van der Waals surface area contributed by atoms with Crippen LogP contribution in [0.2, 0.25) is 5.02 Å². The van der Waals surface area contributed by atoms with E-state index in [1.54, 1.807) is 25.2 Å². The SMILES string of the molecule is CN(Cc1c(F)cccc1Cl)C(=O)CCc1ccc(C#N)cc1. The van der Waals surface area contributed by atoms with E-state index in [9.17, 15) is 9.18 Å². The molecule has 0 aliphatic carbocycles. The van der Waals surface area contributed by atoms with Gasteiger partial charge in [-0.3, -0.25) is 4.79 Å². The summed E-state index contributed by atoms with van der Waals surface area (Å²) in [7, 11) is 1.63. The Kier molecular flexibility index (Phi) is 5.72. The fourth-order valence-electron chi connectivity index (χ4n) is 2.20. The molecule has 0 heterocycles. The second-order valence-electron chi connectivity index (χ2n) is 5.26. The van der Waals surface area contributed by atoms with Crippen molar-refractivity contribution in [2.75, 3.05) is 7.05 Å². The number of amides is 1. The number of carbonyl (C=O) groups excluding carboxylic acids is 1. The standard InChI is InChI=1S/C18H16ClFN2O/c1-22(12-15-16(19)3-2-4-17(15)20)18(23)10-9-13-5-7-14(11-21)8-6-13/h2-8H,9-10,12H2,1H3. The molecule has 0 aliphatic heterocycles. The molecule has 2 aromatic carbocycles. The number of carbonyl (C=O) groups is 1. The largest absolute Gasteiger partial charge is 0.341 e. The molecule has 2 rings (SSSR count). The zero-order chi connectivity index (χ0) is 16.8. The van der Waals surface area contributed by atoms with Crippen molar-refractivity contribution < 1.29 is 9.18 Å². The lowest BCUT2D eigenvalue weighted by Crippen LogP contribution is -2.27. The molecule has 23 heavy (non-hydrogen) atoms. The Morgan fingerprint density at radius 2 is 1.96 bits per heavy atom. The molecule has 0 N–H and O–H groups in total. The zero-order valence-corrected chi connectivity index (χ0v) is 13.5. The molecule has 0 fully saturated rings. The van der Waals surface area contributed by atoms with Gasteiger partial charge in [-0.15, -0.1) is 0 Å². The second kappa shape index (κ2) is 7.75. The minimum Gasteiger partial charge on any atom is -0.341 e. The van der Waals surface area contributed by atoms with Crippen LogP contribution >= 0.6 is 11.6 Å². The van der Waals surface area contributed by atoms with Crippen LogP contribution in [-0.4, -0.2) is 17.9 Å². The highest BCUT2D eigenvalue weighted by Gasteiger charge is 2.14. The molecular formula is C18H16ClFN2O. The van der Waals surface area contributed by atoms with E-state index in [0.29, 0.717) is 29.0 Å². The molecule has 0 aromatic heterocycles. The van der Waals surface area contributed by atoms with Crippen molar-refractivity contribution in [3.8, 4) is 6.07 Å². The summed E-state index contributed by atoms with van der Waals surface area (Å²) in [4.78, 5) is 13.6. The van der Waals surface area contributed by atoms with Crippen LogP contribution in [0.1, 0.15) is 23.1 Å². The minimum absolute atomic E-state index is 0.0892. The summed E-state index contributed by atoms with van der Waals surface area (Å²) in [6, 6.07) is 13.6. The van der Waals surface area contributed by atoms with E-state index in [1.165, 1.54) is 17.0 Å². The first-order chi connectivity index (χ1) is 11.0. The summed E-state index contributed by atoms with van der Waals surface area (Å²) in [6.45, 7) is 0.137. The first-order valence-electron chi connectivity index (χ1n) is 7.17. The summed E-state index contributed by atoms with van der Waals surface area (Å²) in [5.74, 6) is -0.502. The lowest BCUT2D eigenvalue weighted by atomic mass is 10.1. The number of hydrogen-bond acceptors (Lipinski definition) is 2. The van der Waals surface area contributed by atoms with Crippen molar-refractivity contribution in [3.05, 3.63) is 70.0 Å². The topological polar surface area (TPSA) is 44.1 Å². The third-order valence-corrected chi connectivity index (χ3v) is 3.95. The molecule has 5 heteroatoms. The first kappa shape index (κ1) is 17.0. The van der Waals surface area contributed by atoms with Gasteiger partial charge in [0.05, 0.1) is 11.6 Å². The molecule has 2 aromatic rings. The van der Waals surface area contributed by atoms with Crippen LogP contribution in [0.5, 0.6) is 0 Å². The van der Waals surface area contributed by atoms with Gasteiger partial charge in [-0.25, -0.2) is 4.39 Å². The molecule has 0 radical (unpaired) electrons.